The molecule has 7 nitrogen and oxygen atoms in total. The van der Waals surface area contributed by atoms with Crippen LogP contribution in [0.15, 0.2) is 53.7 Å². The molecule has 3 aromatic rings. The smallest absolute Gasteiger partial charge is 0.388 e. The summed E-state index contributed by atoms with van der Waals surface area (Å²) in [4.78, 5) is 21.4. The van der Waals surface area contributed by atoms with E-state index in [1.54, 1.807) is 0 Å². The van der Waals surface area contributed by atoms with Crippen LogP contribution in [0.3, 0.4) is 0 Å². The van der Waals surface area contributed by atoms with Crippen molar-refractivity contribution in [3.05, 3.63) is 70.9 Å². The molecule has 0 aliphatic rings. The molecule has 158 valence electrons. The van der Waals surface area contributed by atoms with Gasteiger partial charge in [-0.25, -0.2) is 0 Å². The number of carbonyl (C=O) groups is 1. The first-order valence-corrected chi connectivity index (χ1v) is 8.91. The number of oxime groups is 1. The highest BCUT2D eigenvalue weighted by Gasteiger charge is 2.33. The van der Waals surface area contributed by atoms with Gasteiger partial charge in [-0.3, -0.25) is 9.69 Å². The predicted molar refractivity (Wildman–Crippen MR) is 106 cm³/mol. The predicted octanol–water partition coefficient (Wildman–Crippen LogP) is 3.16. The number of benzene rings is 2. The van der Waals surface area contributed by atoms with Gasteiger partial charge in [-0.2, -0.15) is 13.2 Å². The van der Waals surface area contributed by atoms with E-state index in [2.05, 4.69) is 10.1 Å². The SMILES string of the molecule is CN(C(=O)c1cc2c(C(F)(F)F)cccc2[nH]1)C(N)=NOCc1ccc(CN)cc1. The van der Waals surface area contributed by atoms with Gasteiger partial charge in [0, 0.05) is 24.5 Å². The van der Waals surface area contributed by atoms with E-state index in [1.165, 1.54) is 19.2 Å². The number of halogens is 3. The van der Waals surface area contributed by atoms with E-state index in [-0.39, 0.29) is 29.2 Å². The zero-order chi connectivity index (χ0) is 21.9. The van der Waals surface area contributed by atoms with Crippen LogP contribution in [0.5, 0.6) is 0 Å². The summed E-state index contributed by atoms with van der Waals surface area (Å²) in [6.45, 7) is 0.548. The lowest BCUT2D eigenvalue weighted by Gasteiger charge is -2.14. The highest BCUT2D eigenvalue weighted by atomic mass is 19.4. The summed E-state index contributed by atoms with van der Waals surface area (Å²) >= 11 is 0. The van der Waals surface area contributed by atoms with Crippen LogP contribution in [0.4, 0.5) is 13.2 Å². The first kappa shape index (κ1) is 21.2. The van der Waals surface area contributed by atoms with Crippen LogP contribution in [-0.2, 0) is 24.2 Å². The van der Waals surface area contributed by atoms with Gasteiger partial charge in [0.1, 0.15) is 12.3 Å². The lowest BCUT2D eigenvalue weighted by Crippen LogP contribution is -2.39. The molecule has 10 heteroatoms. The standard InChI is InChI=1S/C20H20F3N5O2/c1-28(19(25)27-30-11-13-7-5-12(10-24)6-8-13)18(29)17-9-14-15(20(21,22)23)3-2-4-16(14)26-17/h2-9,26H,10-11,24H2,1H3,(H2,25,27). The lowest BCUT2D eigenvalue weighted by molar-refractivity contribution is -0.136. The van der Waals surface area contributed by atoms with Crippen molar-refractivity contribution in [2.45, 2.75) is 19.3 Å². The molecule has 0 aliphatic carbocycles. The molecule has 0 radical (unpaired) electrons. The molecule has 5 N–H and O–H groups in total. The maximum Gasteiger partial charge on any atom is 0.417 e. The molecule has 30 heavy (non-hydrogen) atoms. The Labute approximate surface area is 170 Å². The van der Waals surface area contributed by atoms with Crippen molar-refractivity contribution in [3.8, 4) is 0 Å². The van der Waals surface area contributed by atoms with Gasteiger partial charge in [0.05, 0.1) is 5.56 Å². The van der Waals surface area contributed by atoms with Gasteiger partial charge < -0.3 is 21.3 Å². The largest absolute Gasteiger partial charge is 0.417 e. The van der Waals surface area contributed by atoms with Crippen molar-refractivity contribution in [2.24, 2.45) is 16.6 Å². The average Bonchev–Trinajstić information content (AvgIpc) is 3.16. The van der Waals surface area contributed by atoms with Crippen molar-refractivity contribution in [1.82, 2.24) is 9.88 Å². The van der Waals surface area contributed by atoms with Gasteiger partial charge in [-0.15, -0.1) is 0 Å². The van der Waals surface area contributed by atoms with E-state index in [4.69, 9.17) is 16.3 Å². The molecule has 0 spiro atoms. The Bertz CT molecular complexity index is 1070. The molecule has 0 saturated carbocycles. The number of aromatic amines is 1. The zero-order valence-corrected chi connectivity index (χ0v) is 16.0. The van der Waals surface area contributed by atoms with Gasteiger partial charge in [0.25, 0.3) is 5.91 Å². The monoisotopic (exact) mass is 419 g/mol. The number of carbonyl (C=O) groups excluding carboxylic acids is 1. The minimum Gasteiger partial charge on any atom is -0.388 e. The number of alkyl halides is 3. The number of nitrogens with zero attached hydrogens (tertiary/aromatic N) is 2. The van der Waals surface area contributed by atoms with Crippen LogP contribution < -0.4 is 11.5 Å². The van der Waals surface area contributed by atoms with Crippen molar-refractivity contribution < 1.29 is 22.8 Å². The summed E-state index contributed by atoms with van der Waals surface area (Å²) in [6, 6.07) is 12.2. The minimum absolute atomic E-state index is 0.0558. The number of rotatable bonds is 5. The third kappa shape index (κ3) is 4.54. The summed E-state index contributed by atoms with van der Waals surface area (Å²) in [7, 11) is 1.34. The first-order valence-electron chi connectivity index (χ1n) is 8.91. The number of aromatic nitrogens is 1. The van der Waals surface area contributed by atoms with Crippen LogP contribution in [0.1, 0.15) is 27.2 Å². The summed E-state index contributed by atoms with van der Waals surface area (Å²) < 4.78 is 39.5. The highest BCUT2D eigenvalue weighted by Crippen LogP contribution is 2.35. The Morgan fingerprint density at radius 3 is 2.47 bits per heavy atom. The molecule has 3 rings (SSSR count). The van der Waals surface area contributed by atoms with Gasteiger partial charge in [-0.05, 0) is 34.5 Å². The Hall–Kier alpha value is -3.53. The molecule has 0 saturated heterocycles. The Morgan fingerprint density at radius 1 is 1.17 bits per heavy atom. The third-order valence-electron chi connectivity index (χ3n) is 4.50. The second kappa shape index (κ2) is 8.46. The molecule has 0 unspecified atom stereocenters. The molecule has 0 fully saturated rings. The number of hydrogen-bond acceptors (Lipinski definition) is 4. The van der Waals surface area contributed by atoms with Gasteiger partial charge in [-0.1, -0.05) is 30.3 Å². The quantitative estimate of drug-likeness (QED) is 0.335. The van der Waals surface area contributed by atoms with Crippen molar-refractivity contribution in [1.29, 1.82) is 0 Å². The molecule has 0 bridgehead atoms. The van der Waals surface area contributed by atoms with E-state index < -0.39 is 17.6 Å². The minimum atomic E-state index is -4.54. The molecule has 2 aromatic carbocycles. The second-order valence-corrected chi connectivity index (χ2v) is 6.56. The number of amides is 1. The van der Waals surface area contributed by atoms with E-state index in [0.29, 0.717) is 6.54 Å². The number of nitrogens with two attached hydrogens (primary N) is 2. The fraction of sp³-hybridized carbons (Fsp3) is 0.200. The van der Waals surface area contributed by atoms with Crippen molar-refractivity contribution >= 4 is 22.8 Å². The van der Waals surface area contributed by atoms with Gasteiger partial charge >= 0.3 is 6.18 Å². The normalized spacial score (nSPS) is 12.2. The maximum atomic E-state index is 13.2. The maximum absolute atomic E-state index is 13.2. The zero-order valence-electron chi connectivity index (χ0n) is 16.0. The molecule has 1 amide bonds. The van der Waals surface area contributed by atoms with Gasteiger partial charge in [0.15, 0.2) is 0 Å². The average molecular weight is 419 g/mol. The Kier molecular flexibility index (Phi) is 5.97. The number of nitrogens with one attached hydrogen (secondary N) is 1. The number of guanidine groups is 1. The van der Waals surface area contributed by atoms with Gasteiger partial charge in [0.2, 0.25) is 5.96 Å². The molecule has 0 atom stereocenters. The van der Waals surface area contributed by atoms with Crippen LogP contribution in [0.25, 0.3) is 10.9 Å². The molecular formula is C20H20F3N5O2. The van der Waals surface area contributed by atoms with Crippen LogP contribution in [0, 0.1) is 0 Å². The number of fused-ring (bicyclic) bond motifs is 1. The fourth-order valence-corrected chi connectivity index (χ4v) is 2.81. The third-order valence-corrected chi connectivity index (χ3v) is 4.50. The second-order valence-electron chi connectivity index (χ2n) is 6.56. The summed E-state index contributed by atoms with van der Waals surface area (Å²) in [6.07, 6.45) is -4.54. The van der Waals surface area contributed by atoms with Crippen molar-refractivity contribution in [2.75, 3.05) is 7.05 Å². The number of hydrogen-bond donors (Lipinski definition) is 3. The molecular weight excluding hydrogens is 399 g/mol. The van der Waals surface area contributed by atoms with Crippen LogP contribution in [-0.4, -0.2) is 28.8 Å². The van der Waals surface area contributed by atoms with Crippen molar-refractivity contribution in [3.63, 3.8) is 0 Å². The summed E-state index contributed by atoms with van der Waals surface area (Å²) in [5.41, 5.74) is 12.4. The molecule has 1 aromatic heterocycles. The van der Waals surface area contributed by atoms with E-state index in [9.17, 15) is 18.0 Å². The van der Waals surface area contributed by atoms with Crippen LogP contribution in [0.2, 0.25) is 0 Å². The van der Waals surface area contributed by atoms with E-state index in [0.717, 1.165) is 28.2 Å². The topological polar surface area (TPSA) is 110 Å². The number of H-pyrrole nitrogens is 1. The summed E-state index contributed by atoms with van der Waals surface area (Å²) in [5, 5.41) is 3.60. The molecule has 0 aliphatic heterocycles. The lowest BCUT2D eigenvalue weighted by atomic mass is 10.1. The highest BCUT2D eigenvalue weighted by molar-refractivity contribution is 6.06. The summed E-state index contributed by atoms with van der Waals surface area (Å²) in [5.74, 6) is -0.898. The Balaban J connectivity index is 1.71. The van der Waals surface area contributed by atoms with Crippen LogP contribution >= 0.6 is 0 Å². The fourth-order valence-electron chi connectivity index (χ4n) is 2.81. The molecule has 1 heterocycles. The van der Waals surface area contributed by atoms with E-state index in [1.807, 2.05) is 24.3 Å². The Morgan fingerprint density at radius 2 is 1.83 bits per heavy atom. The first-order chi connectivity index (χ1) is 14.2. The van der Waals surface area contributed by atoms with E-state index >= 15 is 0 Å².